The highest BCUT2D eigenvalue weighted by molar-refractivity contribution is 5.78. The van der Waals surface area contributed by atoms with Crippen molar-refractivity contribution in [2.24, 2.45) is 0 Å². The van der Waals surface area contributed by atoms with Crippen molar-refractivity contribution in [1.82, 2.24) is 15.3 Å². The highest BCUT2D eigenvalue weighted by atomic mass is 16.5. The third kappa shape index (κ3) is 5.20. The van der Waals surface area contributed by atoms with Gasteiger partial charge in [-0.15, -0.1) is 0 Å². The van der Waals surface area contributed by atoms with Gasteiger partial charge in [-0.25, -0.2) is 4.79 Å². The van der Waals surface area contributed by atoms with Gasteiger partial charge >= 0.3 is 5.69 Å². The molecule has 0 aliphatic heterocycles. The number of aromatic amines is 2. The highest BCUT2D eigenvalue weighted by Gasteiger charge is 2.11. The Hall–Kier alpha value is -3.61. The second-order valence-corrected chi connectivity index (χ2v) is 6.38. The summed E-state index contributed by atoms with van der Waals surface area (Å²) >= 11 is 0. The first kappa shape index (κ1) is 19.2. The predicted molar refractivity (Wildman–Crippen MR) is 105 cm³/mol. The molecule has 0 radical (unpaired) electrons. The van der Waals surface area contributed by atoms with E-state index in [9.17, 15) is 14.4 Å². The smallest absolute Gasteiger partial charge is 0.325 e. The summed E-state index contributed by atoms with van der Waals surface area (Å²) in [5.74, 6) is 0.444. The number of amides is 1. The molecule has 3 aromatic rings. The number of carbonyl (C=O) groups excluding carboxylic acids is 1. The maximum Gasteiger partial charge on any atom is 0.325 e. The van der Waals surface area contributed by atoms with E-state index < -0.39 is 11.2 Å². The van der Waals surface area contributed by atoms with Crippen molar-refractivity contribution in [1.29, 1.82) is 0 Å². The molecule has 0 atom stereocenters. The maximum atomic E-state index is 12.1. The Labute approximate surface area is 161 Å². The molecule has 0 fully saturated rings. The van der Waals surface area contributed by atoms with E-state index in [2.05, 4.69) is 15.3 Å². The molecule has 3 N–H and O–H groups in total. The zero-order valence-corrected chi connectivity index (χ0v) is 15.5. The van der Waals surface area contributed by atoms with Gasteiger partial charge in [0, 0.05) is 17.8 Å². The quantitative estimate of drug-likeness (QED) is 0.582. The Morgan fingerprint density at radius 3 is 2.36 bits per heavy atom. The molecule has 7 heteroatoms. The van der Waals surface area contributed by atoms with Crippen LogP contribution in [0, 0.1) is 6.92 Å². The lowest BCUT2D eigenvalue weighted by Gasteiger charge is -2.09. The van der Waals surface area contributed by atoms with Crippen molar-refractivity contribution in [3.8, 4) is 5.75 Å². The summed E-state index contributed by atoms with van der Waals surface area (Å²) in [7, 11) is 0. The Balaban J connectivity index is 1.51. The first-order valence-electron chi connectivity index (χ1n) is 8.85. The first-order valence-corrected chi connectivity index (χ1v) is 8.85. The van der Waals surface area contributed by atoms with Crippen LogP contribution < -0.4 is 21.3 Å². The fourth-order valence-corrected chi connectivity index (χ4v) is 2.71. The second kappa shape index (κ2) is 8.85. The van der Waals surface area contributed by atoms with Gasteiger partial charge in [-0.2, -0.15) is 0 Å². The monoisotopic (exact) mass is 379 g/mol. The van der Waals surface area contributed by atoms with Crippen molar-refractivity contribution in [3.05, 3.63) is 97.8 Å². The zero-order valence-electron chi connectivity index (χ0n) is 15.5. The number of H-pyrrole nitrogens is 2. The molecule has 1 aromatic heterocycles. The van der Waals surface area contributed by atoms with Crippen LogP contribution in [0.3, 0.4) is 0 Å². The van der Waals surface area contributed by atoms with Gasteiger partial charge in [-0.05, 0) is 30.2 Å². The van der Waals surface area contributed by atoms with Crippen molar-refractivity contribution >= 4 is 5.91 Å². The average Bonchev–Trinajstić information content (AvgIpc) is 2.69. The number of nitrogens with one attached hydrogen (secondary N) is 3. The Kier molecular flexibility index (Phi) is 6.06. The molecule has 0 unspecified atom stereocenters. The Morgan fingerprint density at radius 2 is 1.68 bits per heavy atom. The average molecular weight is 379 g/mol. The SMILES string of the molecule is Cc1[nH]c(=O)[nH]c(=O)c1CC(=O)NCc1ccc(OCc2ccccc2)cc1. The number of rotatable bonds is 7. The molecular weight excluding hydrogens is 358 g/mol. The molecule has 2 aromatic carbocycles. The molecule has 0 aliphatic rings. The van der Waals surface area contributed by atoms with E-state index in [-0.39, 0.29) is 17.9 Å². The normalized spacial score (nSPS) is 10.5. The highest BCUT2D eigenvalue weighted by Crippen LogP contribution is 2.14. The minimum atomic E-state index is -0.582. The second-order valence-electron chi connectivity index (χ2n) is 6.38. The van der Waals surface area contributed by atoms with E-state index in [0.29, 0.717) is 18.8 Å². The summed E-state index contributed by atoms with van der Waals surface area (Å²) in [4.78, 5) is 39.7. The standard InChI is InChI=1S/C21H21N3O4/c1-14-18(20(26)24-21(27)23-14)11-19(25)22-12-15-7-9-17(10-8-15)28-13-16-5-3-2-4-6-16/h2-10H,11-13H2,1H3,(H,22,25)(H2,23,24,26,27). The van der Waals surface area contributed by atoms with Crippen molar-refractivity contribution < 1.29 is 9.53 Å². The summed E-state index contributed by atoms with van der Waals surface area (Å²) in [6, 6.07) is 17.3. The lowest BCUT2D eigenvalue weighted by Crippen LogP contribution is -2.32. The first-order chi connectivity index (χ1) is 13.5. The van der Waals surface area contributed by atoms with Gasteiger partial charge in [-0.3, -0.25) is 14.6 Å². The molecule has 7 nitrogen and oxygen atoms in total. The van der Waals surface area contributed by atoms with Crippen LogP contribution in [0.25, 0.3) is 0 Å². The van der Waals surface area contributed by atoms with E-state index in [1.807, 2.05) is 54.6 Å². The number of aryl methyl sites for hydroxylation is 1. The van der Waals surface area contributed by atoms with Crippen LogP contribution in [-0.2, 0) is 24.4 Å². The number of benzene rings is 2. The molecule has 1 amide bonds. The Morgan fingerprint density at radius 1 is 0.964 bits per heavy atom. The molecule has 0 spiro atoms. The third-order valence-electron chi connectivity index (χ3n) is 4.25. The largest absolute Gasteiger partial charge is 0.489 e. The fourth-order valence-electron chi connectivity index (χ4n) is 2.71. The number of ether oxygens (including phenoxy) is 1. The lowest BCUT2D eigenvalue weighted by atomic mass is 10.1. The number of hydrogen-bond donors (Lipinski definition) is 3. The topological polar surface area (TPSA) is 104 Å². The molecule has 0 bridgehead atoms. The van der Waals surface area contributed by atoms with E-state index in [1.165, 1.54) is 0 Å². The van der Waals surface area contributed by atoms with E-state index >= 15 is 0 Å². The third-order valence-corrected chi connectivity index (χ3v) is 4.25. The van der Waals surface area contributed by atoms with E-state index in [4.69, 9.17) is 4.74 Å². The summed E-state index contributed by atoms with van der Waals surface area (Å²) in [5, 5.41) is 2.77. The number of carbonyl (C=O) groups is 1. The van der Waals surface area contributed by atoms with Crippen molar-refractivity contribution in [2.45, 2.75) is 26.5 Å². The maximum absolute atomic E-state index is 12.1. The molecule has 144 valence electrons. The van der Waals surface area contributed by atoms with Crippen LogP contribution in [0.5, 0.6) is 5.75 Å². The van der Waals surface area contributed by atoms with Crippen LogP contribution in [0.15, 0.2) is 64.2 Å². The van der Waals surface area contributed by atoms with Gasteiger partial charge in [0.05, 0.1) is 6.42 Å². The molecule has 1 heterocycles. The number of hydrogen-bond acceptors (Lipinski definition) is 4. The molecule has 0 saturated carbocycles. The van der Waals surface area contributed by atoms with Crippen LogP contribution >= 0.6 is 0 Å². The molecule has 0 saturated heterocycles. The minimum Gasteiger partial charge on any atom is -0.489 e. The van der Waals surface area contributed by atoms with Crippen LogP contribution in [-0.4, -0.2) is 15.9 Å². The predicted octanol–water partition coefficient (Wildman–Crippen LogP) is 1.81. The van der Waals surface area contributed by atoms with Gasteiger partial charge in [0.25, 0.3) is 5.56 Å². The lowest BCUT2D eigenvalue weighted by molar-refractivity contribution is -0.120. The van der Waals surface area contributed by atoms with Gasteiger partial charge in [0.1, 0.15) is 12.4 Å². The molecule has 3 rings (SSSR count). The summed E-state index contributed by atoms with van der Waals surface area (Å²) < 4.78 is 5.73. The van der Waals surface area contributed by atoms with Gasteiger partial charge in [0.15, 0.2) is 0 Å². The van der Waals surface area contributed by atoms with Crippen LogP contribution in [0.4, 0.5) is 0 Å². The number of aromatic nitrogens is 2. The van der Waals surface area contributed by atoms with Crippen molar-refractivity contribution in [3.63, 3.8) is 0 Å². The fraction of sp³-hybridized carbons (Fsp3) is 0.190. The molecule has 0 aliphatic carbocycles. The van der Waals surface area contributed by atoms with Gasteiger partial charge in [0.2, 0.25) is 5.91 Å². The van der Waals surface area contributed by atoms with E-state index in [0.717, 1.165) is 16.9 Å². The van der Waals surface area contributed by atoms with Gasteiger partial charge in [-0.1, -0.05) is 42.5 Å². The van der Waals surface area contributed by atoms with E-state index in [1.54, 1.807) is 6.92 Å². The summed E-state index contributed by atoms with van der Waals surface area (Å²) in [5.41, 5.74) is 1.52. The Bertz CT molecular complexity index is 1050. The zero-order chi connectivity index (χ0) is 19.9. The van der Waals surface area contributed by atoms with Crippen molar-refractivity contribution in [2.75, 3.05) is 0 Å². The van der Waals surface area contributed by atoms with Crippen LogP contribution in [0.2, 0.25) is 0 Å². The minimum absolute atomic E-state index is 0.101. The van der Waals surface area contributed by atoms with Gasteiger partial charge < -0.3 is 15.0 Å². The van der Waals surface area contributed by atoms with Crippen LogP contribution in [0.1, 0.15) is 22.4 Å². The summed E-state index contributed by atoms with van der Waals surface area (Å²) in [6.07, 6.45) is -0.101. The summed E-state index contributed by atoms with van der Waals surface area (Å²) in [6.45, 7) is 2.41. The molecule has 28 heavy (non-hydrogen) atoms. The molecular formula is C21H21N3O4.